The first kappa shape index (κ1) is 22.0. The fourth-order valence-corrected chi connectivity index (χ4v) is 4.07. The molecular formula is C26H26N6O. The van der Waals surface area contributed by atoms with E-state index in [4.69, 9.17) is 0 Å². The molecule has 2 heterocycles. The second-order valence-electron chi connectivity index (χ2n) is 7.97. The Hall–Kier alpha value is -4.18. The van der Waals surface area contributed by atoms with Gasteiger partial charge in [-0.05, 0) is 35.7 Å². The third-order valence-corrected chi connectivity index (χ3v) is 5.81. The number of nitrogens with one attached hydrogen (secondary N) is 1. The minimum Gasteiger partial charge on any atom is -0.338 e. The number of aliphatic imine (C=N–C) groups is 1. The van der Waals surface area contributed by atoms with E-state index >= 15 is 0 Å². The van der Waals surface area contributed by atoms with E-state index in [2.05, 4.69) is 15.3 Å². The molecule has 0 bridgehead atoms. The summed E-state index contributed by atoms with van der Waals surface area (Å²) in [6.07, 6.45) is 5.66. The van der Waals surface area contributed by atoms with Crippen molar-refractivity contribution in [2.75, 3.05) is 25.0 Å². The number of para-hydroxylation sites is 1. The summed E-state index contributed by atoms with van der Waals surface area (Å²) in [5.41, 5.74) is 3.91. The maximum atomic E-state index is 13.3. The van der Waals surface area contributed by atoms with Gasteiger partial charge in [-0.1, -0.05) is 54.6 Å². The van der Waals surface area contributed by atoms with Crippen LogP contribution in [0.5, 0.6) is 0 Å². The van der Waals surface area contributed by atoms with Crippen LogP contribution in [0.25, 0.3) is 0 Å². The number of rotatable bonds is 4. The van der Waals surface area contributed by atoms with Gasteiger partial charge in [-0.15, -0.1) is 4.99 Å². The number of carbonyl (C=O) groups is 1. The Morgan fingerprint density at radius 3 is 2.64 bits per heavy atom. The zero-order chi connectivity index (χ0) is 23.0. The predicted molar refractivity (Wildman–Crippen MR) is 128 cm³/mol. The van der Waals surface area contributed by atoms with E-state index in [9.17, 15) is 10.1 Å². The molecule has 166 valence electrons. The van der Waals surface area contributed by atoms with Crippen molar-refractivity contribution in [2.45, 2.75) is 19.4 Å². The number of hydrogen-bond acceptors (Lipinski definition) is 4. The molecule has 1 atom stereocenters. The molecule has 7 heteroatoms. The first-order valence-corrected chi connectivity index (χ1v) is 10.9. The molecule has 2 aromatic carbocycles. The largest absolute Gasteiger partial charge is 0.338 e. The van der Waals surface area contributed by atoms with Crippen molar-refractivity contribution in [3.63, 3.8) is 0 Å². The summed E-state index contributed by atoms with van der Waals surface area (Å²) < 4.78 is 0. The van der Waals surface area contributed by atoms with Crippen molar-refractivity contribution in [3.8, 4) is 6.19 Å². The second-order valence-corrected chi connectivity index (χ2v) is 7.97. The van der Waals surface area contributed by atoms with Gasteiger partial charge in [0.2, 0.25) is 18.1 Å². The Bertz CT molecular complexity index is 1160. The van der Waals surface area contributed by atoms with E-state index in [-0.39, 0.29) is 11.9 Å². The molecule has 3 aromatic rings. The summed E-state index contributed by atoms with van der Waals surface area (Å²) in [6.45, 7) is 3.64. The molecule has 0 saturated carbocycles. The lowest BCUT2D eigenvalue weighted by Gasteiger charge is -2.42. The van der Waals surface area contributed by atoms with Gasteiger partial charge in [0.1, 0.15) is 0 Å². The van der Waals surface area contributed by atoms with Crippen LogP contribution >= 0.6 is 0 Å². The van der Waals surface area contributed by atoms with Gasteiger partial charge < -0.3 is 15.1 Å². The molecule has 1 aliphatic heterocycles. The first-order chi connectivity index (χ1) is 16.2. The van der Waals surface area contributed by atoms with Crippen LogP contribution in [0.1, 0.15) is 22.7 Å². The van der Waals surface area contributed by atoms with Crippen molar-refractivity contribution in [2.24, 2.45) is 4.99 Å². The minimum atomic E-state index is -0.160. The monoisotopic (exact) mass is 438 g/mol. The summed E-state index contributed by atoms with van der Waals surface area (Å²) in [6, 6.07) is 21.5. The predicted octanol–water partition coefficient (Wildman–Crippen LogP) is 3.77. The number of aryl methyl sites for hydroxylation is 1. The molecule has 1 unspecified atom stereocenters. The van der Waals surface area contributed by atoms with Crippen molar-refractivity contribution in [3.05, 3.63) is 95.8 Å². The van der Waals surface area contributed by atoms with Crippen LogP contribution in [0.2, 0.25) is 0 Å². The maximum absolute atomic E-state index is 13.3. The number of nitriles is 1. The average molecular weight is 439 g/mol. The van der Waals surface area contributed by atoms with Gasteiger partial charge >= 0.3 is 0 Å². The zero-order valence-electron chi connectivity index (χ0n) is 18.6. The van der Waals surface area contributed by atoms with Gasteiger partial charge in [-0.3, -0.25) is 9.78 Å². The number of hydrogen-bond donors (Lipinski definition) is 1. The molecule has 0 spiro atoms. The van der Waals surface area contributed by atoms with Crippen LogP contribution in [0, 0.1) is 18.4 Å². The van der Waals surface area contributed by atoms with E-state index in [0.29, 0.717) is 32.0 Å². The Balaban J connectivity index is 1.58. The van der Waals surface area contributed by atoms with Crippen LogP contribution in [-0.4, -0.2) is 46.3 Å². The van der Waals surface area contributed by atoms with Crippen LogP contribution in [0.15, 0.2) is 84.1 Å². The highest BCUT2D eigenvalue weighted by Gasteiger charge is 2.33. The van der Waals surface area contributed by atoms with E-state index in [1.807, 2.05) is 89.6 Å². The van der Waals surface area contributed by atoms with Gasteiger partial charge in [-0.2, -0.15) is 5.26 Å². The molecule has 1 aromatic heterocycles. The normalized spacial score (nSPS) is 16.2. The summed E-state index contributed by atoms with van der Waals surface area (Å²) in [4.78, 5) is 25.4. The van der Waals surface area contributed by atoms with Crippen LogP contribution in [0.4, 0.5) is 5.69 Å². The number of aromatic nitrogens is 1. The van der Waals surface area contributed by atoms with Gasteiger partial charge in [0.05, 0.1) is 12.5 Å². The highest BCUT2D eigenvalue weighted by Crippen LogP contribution is 2.27. The number of guanidine groups is 1. The maximum Gasteiger partial charge on any atom is 0.227 e. The van der Waals surface area contributed by atoms with Crippen LogP contribution in [0.3, 0.4) is 0 Å². The fourth-order valence-electron chi connectivity index (χ4n) is 4.07. The summed E-state index contributed by atoms with van der Waals surface area (Å²) in [7, 11) is 0. The number of benzene rings is 2. The molecule has 1 saturated heterocycles. The third kappa shape index (κ3) is 5.36. The van der Waals surface area contributed by atoms with Crippen molar-refractivity contribution >= 4 is 17.6 Å². The number of piperazine rings is 1. The molecule has 33 heavy (non-hydrogen) atoms. The molecular weight excluding hydrogens is 412 g/mol. The Morgan fingerprint density at radius 2 is 1.91 bits per heavy atom. The molecule has 0 radical (unpaired) electrons. The van der Waals surface area contributed by atoms with E-state index < -0.39 is 0 Å². The fraction of sp³-hybridized carbons (Fsp3) is 0.231. The first-order valence-electron chi connectivity index (χ1n) is 10.9. The average Bonchev–Trinajstić information content (AvgIpc) is 2.86. The van der Waals surface area contributed by atoms with E-state index in [1.165, 1.54) is 0 Å². The third-order valence-electron chi connectivity index (χ3n) is 5.81. The van der Waals surface area contributed by atoms with Gasteiger partial charge in [0, 0.05) is 37.7 Å². The topological polar surface area (TPSA) is 84.6 Å². The Morgan fingerprint density at radius 1 is 1.12 bits per heavy atom. The molecule has 1 N–H and O–H groups in total. The summed E-state index contributed by atoms with van der Waals surface area (Å²) >= 11 is 0. The van der Waals surface area contributed by atoms with Crippen LogP contribution < -0.4 is 5.32 Å². The zero-order valence-corrected chi connectivity index (χ0v) is 18.6. The summed E-state index contributed by atoms with van der Waals surface area (Å²) in [5, 5.41) is 12.6. The highest BCUT2D eigenvalue weighted by atomic mass is 16.2. The van der Waals surface area contributed by atoms with Crippen molar-refractivity contribution in [1.29, 1.82) is 5.26 Å². The smallest absolute Gasteiger partial charge is 0.227 e. The number of anilines is 1. The van der Waals surface area contributed by atoms with E-state index in [1.54, 1.807) is 12.4 Å². The summed E-state index contributed by atoms with van der Waals surface area (Å²) in [5.74, 6) is 0.550. The molecule has 4 rings (SSSR count). The molecule has 7 nitrogen and oxygen atoms in total. The van der Waals surface area contributed by atoms with Gasteiger partial charge in [0.15, 0.2) is 0 Å². The molecule has 0 aliphatic carbocycles. The second kappa shape index (κ2) is 10.4. The van der Waals surface area contributed by atoms with Gasteiger partial charge in [0.25, 0.3) is 0 Å². The number of pyridine rings is 1. The number of nitrogens with zero attached hydrogens (tertiary/aromatic N) is 5. The minimum absolute atomic E-state index is 0.0575. The Labute approximate surface area is 194 Å². The SMILES string of the molecule is Cc1ccccc1N/C(=N/C#N)N1CCN(C(=O)Cc2cccnc2)C(c2ccccc2)C1. The lowest BCUT2D eigenvalue weighted by atomic mass is 10.0. The molecule has 1 amide bonds. The standard InChI is InChI=1S/C26H26N6O/c1-20-8-5-6-12-23(20)30-26(29-19-27)31-14-15-32(24(18-31)22-10-3-2-4-11-22)25(33)16-21-9-7-13-28-17-21/h2-13,17,24H,14-16,18H2,1H3,(H,29,30). The van der Waals surface area contributed by atoms with Gasteiger partial charge in [-0.25, -0.2) is 0 Å². The lowest BCUT2D eigenvalue weighted by Crippen LogP contribution is -2.54. The van der Waals surface area contributed by atoms with Crippen molar-refractivity contribution < 1.29 is 4.79 Å². The van der Waals surface area contributed by atoms with E-state index in [0.717, 1.165) is 22.4 Å². The lowest BCUT2D eigenvalue weighted by molar-refractivity contribution is -0.134. The highest BCUT2D eigenvalue weighted by molar-refractivity contribution is 5.95. The van der Waals surface area contributed by atoms with Crippen molar-refractivity contribution in [1.82, 2.24) is 14.8 Å². The number of carbonyl (C=O) groups excluding carboxylic acids is 1. The molecule has 1 aliphatic rings. The number of amides is 1. The van der Waals surface area contributed by atoms with Crippen LogP contribution in [-0.2, 0) is 11.2 Å². The molecule has 1 fully saturated rings. The quantitative estimate of drug-likeness (QED) is 0.381. The Kier molecular flexibility index (Phi) is 6.96.